The van der Waals surface area contributed by atoms with E-state index >= 15 is 0 Å². The van der Waals surface area contributed by atoms with Crippen LogP contribution >= 0.6 is 0 Å². The van der Waals surface area contributed by atoms with Gasteiger partial charge in [0.15, 0.2) is 5.78 Å². The van der Waals surface area contributed by atoms with Gasteiger partial charge >= 0.3 is 12.0 Å². The average molecular weight is 290 g/mol. The number of nitrogens with zero attached hydrogens (tertiary/aromatic N) is 1. The number of aliphatic carboxylic acids is 1. The second kappa shape index (κ2) is 6.39. The molecule has 0 aromatic heterocycles. The van der Waals surface area contributed by atoms with Crippen molar-refractivity contribution in [2.75, 3.05) is 18.4 Å². The lowest BCUT2D eigenvalue weighted by atomic mass is 9.99. The summed E-state index contributed by atoms with van der Waals surface area (Å²) in [5.41, 5.74) is 1.17. The number of benzene rings is 1. The lowest BCUT2D eigenvalue weighted by Gasteiger charge is -2.30. The maximum absolute atomic E-state index is 12.1. The summed E-state index contributed by atoms with van der Waals surface area (Å²) in [6, 6.07) is 6.31. The molecule has 6 heteroatoms. The molecule has 1 heterocycles. The number of piperidine rings is 1. The zero-order valence-corrected chi connectivity index (χ0v) is 11.8. The number of carboxylic acids is 1. The molecule has 0 saturated carbocycles. The lowest BCUT2D eigenvalue weighted by molar-refractivity contribution is -0.143. The monoisotopic (exact) mass is 290 g/mol. The summed E-state index contributed by atoms with van der Waals surface area (Å²) in [6.45, 7) is 2.27. The molecule has 1 aromatic rings. The molecule has 1 aromatic carbocycles. The standard InChI is InChI=1S/C15H18N2O4/c1-10(18)11-4-6-13(7-5-11)16-15(21)17-8-2-3-12(9-17)14(19)20/h4-7,12H,2-3,8-9H2,1H3,(H,16,21)(H,19,20). The molecule has 6 nitrogen and oxygen atoms in total. The molecule has 0 spiro atoms. The lowest BCUT2D eigenvalue weighted by Crippen LogP contribution is -2.44. The van der Waals surface area contributed by atoms with Crippen molar-refractivity contribution in [3.63, 3.8) is 0 Å². The Bertz CT molecular complexity index is 553. The largest absolute Gasteiger partial charge is 0.481 e. The van der Waals surface area contributed by atoms with Crippen LogP contribution in [0.15, 0.2) is 24.3 Å². The molecular weight excluding hydrogens is 272 g/mol. The number of urea groups is 1. The summed E-state index contributed by atoms with van der Waals surface area (Å²) in [4.78, 5) is 35.8. The van der Waals surface area contributed by atoms with Crippen LogP contribution in [0.2, 0.25) is 0 Å². The Labute approximate surface area is 122 Å². The number of rotatable bonds is 3. The Balaban J connectivity index is 1.97. The number of hydrogen-bond acceptors (Lipinski definition) is 3. The number of Topliss-reactive ketones (excluding diaryl/α,β-unsaturated/α-hetero) is 1. The van der Waals surface area contributed by atoms with E-state index in [0.717, 1.165) is 0 Å². The van der Waals surface area contributed by atoms with E-state index in [-0.39, 0.29) is 18.4 Å². The van der Waals surface area contributed by atoms with Gasteiger partial charge in [-0.05, 0) is 44.0 Å². The van der Waals surface area contributed by atoms with Gasteiger partial charge in [0.1, 0.15) is 0 Å². The molecule has 1 saturated heterocycles. The molecule has 2 N–H and O–H groups in total. The van der Waals surface area contributed by atoms with Crippen LogP contribution in [0, 0.1) is 5.92 Å². The SMILES string of the molecule is CC(=O)c1ccc(NC(=O)N2CCCC(C(=O)O)C2)cc1. The topological polar surface area (TPSA) is 86.7 Å². The first-order valence-corrected chi connectivity index (χ1v) is 6.87. The summed E-state index contributed by atoms with van der Waals surface area (Å²) in [5, 5.41) is 11.7. The Hall–Kier alpha value is -2.37. The number of anilines is 1. The van der Waals surface area contributed by atoms with E-state index in [1.807, 2.05) is 0 Å². The van der Waals surface area contributed by atoms with Crippen LogP contribution in [0.25, 0.3) is 0 Å². The Kier molecular flexibility index (Phi) is 4.57. The highest BCUT2D eigenvalue weighted by molar-refractivity contribution is 5.95. The summed E-state index contributed by atoms with van der Waals surface area (Å²) in [7, 11) is 0. The van der Waals surface area contributed by atoms with Gasteiger partial charge in [0.25, 0.3) is 0 Å². The maximum Gasteiger partial charge on any atom is 0.321 e. The summed E-state index contributed by atoms with van der Waals surface area (Å²) >= 11 is 0. The van der Waals surface area contributed by atoms with Crippen molar-refractivity contribution in [1.82, 2.24) is 4.90 Å². The molecule has 2 amide bonds. The smallest absolute Gasteiger partial charge is 0.321 e. The predicted molar refractivity (Wildman–Crippen MR) is 77.4 cm³/mol. The first kappa shape index (κ1) is 15.0. The second-order valence-electron chi connectivity index (χ2n) is 5.19. The summed E-state index contributed by atoms with van der Waals surface area (Å²) in [6.07, 6.45) is 1.29. The molecule has 1 aliphatic heterocycles. The quantitative estimate of drug-likeness (QED) is 0.836. The number of carboxylic acid groups (broad SMARTS) is 1. The Morgan fingerprint density at radius 3 is 2.48 bits per heavy atom. The Morgan fingerprint density at radius 2 is 1.90 bits per heavy atom. The summed E-state index contributed by atoms with van der Waals surface area (Å²) in [5.74, 6) is -1.39. The van der Waals surface area contributed by atoms with Gasteiger partial charge < -0.3 is 15.3 Å². The molecule has 1 aliphatic rings. The molecule has 112 valence electrons. The van der Waals surface area contributed by atoms with E-state index in [1.165, 1.54) is 11.8 Å². The average Bonchev–Trinajstić information content (AvgIpc) is 2.48. The highest BCUT2D eigenvalue weighted by atomic mass is 16.4. The number of amides is 2. The third kappa shape index (κ3) is 3.81. The van der Waals surface area contributed by atoms with Crippen LogP contribution < -0.4 is 5.32 Å². The number of likely N-dealkylation sites (tertiary alicyclic amines) is 1. The minimum absolute atomic E-state index is 0.0341. The van der Waals surface area contributed by atoms with E-state index < -0.39 is 11.9 Å². The molecule has 0 bridgehead atoms. The van der Waals surface area contributed by atoms with E-state index in [0.29, 0.717) is 30.6 Å². The zero-order chi connectivity index (χ0) is 15.4. The van der Waals surface area contributed by atoms with Gasteiger partial charge in [0.05, 0.1) is 5.92 Å². The minimum atomic E-state index is -0.863. The van der Waals surface area contributed by atoms with Crippen molar-refractivity contribution in [3.8, 4) is 0 Å². The fraction of sp³-hybridized carbons (Fsp3) is 0.400. The van der Waals surface area contributed by atoms with Gasteiger partial charge in [0, 0.05) is 24.3 Å². The highest BCUT2D eigenvalue weighted by Crippen LogP contribution is 2.18. The number of ketones is 1. The molecular formula is C15H18N2O4. The van der Waals surface area contributed by atoms with Gasteiger partial charge in [0.2, 0.25) is 0 Å². The van der Waals surface area contributed by atoms with Crippen LogP contribution in [0.3, 0.4) is 0 Å². The number of nitrogens with one attached hydrogen (secondary N) is 1. The van der Waals surface area contributed by atoms with Gasteiger partial charge in [-0.1, -0.05) is 0 Å². The van der Waals surface area contributed by atoms with Crippen LogP contribution in [-0.4, -0.2) is 40.9 Å². The van der Waals surface area contributed by atoms with Gasteiger partial charge in [-0.15, -0.1) is 0 Å². The van der Waals surface area contributed by atoms with Gasteiger partial charge in [-0.3, -0.25) is 9.59 Å². The van der Waals surface area contributed by atoms with Gasteiger partial charge in [-0.2, -0.15) is 0 Å². The zero-order valence-electron chi connectivity index (χ0n) is 11.8. The third-order valence-electron chi connectivity index (χ3n) is 3.60. The highest BCUT2D eigenvalue weighted by Gasteiger charge is 2.28. The molecule has 1 unspecified atom stereocenters. The molecule has 21 heavy (non-hydrogen) atoms. The predicted octanol–water partition coefficient (Wildman–Crippen LogP) is 2.22. The normalized spacial score (nSPS) is 18.1. The number of carbonyl (C=O) groups excluding carboxylic acids is 2. The Morgan fingerprint density at radius 1 is 1.24 bits per heavy atom. The molecule has 2 rings (SSSR count). The number of hydrogen-bond donors (Lipinski definition) is 2. The molecule has 1 atom stereocenters. The van der Waals surface area contributed by atoms with Crippen LogP contribution in [0.1, 0.15) is 30.1 Å². The van der Waals surface area contributed by atoms with Crippen molar-refractivity contribution in [2.24, 2.45) is 5.92 Å². The van der Waals surface area contributed by atoms with Crippen molar-refractivity contribution < 1.29 is 19.5 Å². The summed E-state index contributed by atoms with van der Waals surface area (Å²) < 4.78 is 0. The van der Waals surface area contributed by atoms with E-state index in [2.05, 4.69) is 5.32 Å². The second-order valence-corrected chi connectivity index (χ2v) is 5.19. The van der Waals surface area contributed by atoms with E-state index in [4.69, 9.17) is 5.11 Å². The minimum Gasteiger partial charge on any atom is -0.481 e. The fourth-order valence-corrected chi connectivity index (χ4v) is 2.35. The van der Waals surface area contributed by atoms with Crippen molar-refractivity contribution >= 4 is 23.5 Å². The third-order valence-corrected chi connectivity index (χ3v) is 3.60. The van der Waals surface area contributed by atoms with Crippen LogP contribution in [0.4, 0.5) is 10.5 Å². The number of carbonyl (C=O) groups is 3. The molecule has 1 fully saturated rings. The van der Waals surface area contributed by atoms with Crippen molar-refractivity contribution in [2.45, 2.75) is 19.8 Å². The van der Waals surface area contributed by atoms with E-state index in [1.54, 1.807) is 24.3 Å². The molecule has 0 radical (unpaired) electrons. The maximum atomic E-state index is 12.1. The van der Waals surface area contributed by atoms with Crippen LogP contribution in [0.5, 0.6) is 0 Å². The fourth-order valence-electron chi connectivity index (χ4n) is 2.35. The first-order chi connectivity index (χ1) is 9.97. The first-order valence-electron chi connectivity index (χ1n) is 6.87. The van der Waals surface area contributed by atoms with Crippen LogP contribution in [-0.2, 0) is 4.79 Å². The molecule has 0 aliphatic carbocycles. The van der Waals surface area contributed by atoms with Crippen molar-refractivity contribution in [1.29, 1.82) is 0 Å². The van der Waals surface area contributed by atoms with Crippen molar-refractivity contribution in [3.05, 3.63) is 29.8 Å². The van der Waals surface area contributed by atoms with E-state index in [9.17, 15) is 14.4 Å². The van der Waals surface area contributed by atoms with Gasteiger partial charge in [-0.25, -0.2) is 4.79 Å².